The predicted molar refractivity (Wildman–Crippen MR) is 55.7 cm³/mol. The predicted octanol–water partition coefficient (Wildman–Crippen LogP) is 0.261. The second kappa shape index (κ2) is 6.81. The maximum Gasteiger partial charge on any atom is 0.328 e. The van der Waals surface area contributed by atoms with E-state index in [1.165, 1.54) is 18.9 Å². The molecule has 0 saturated carbocycles. The van der Waals surface area contributed by atoms with Crippen LogP contribution >= 0.6 is 0 Å². The van der Waals surface area contributed by atoms with Gasteiger partial charge in [-0.3, -0.25) is 9.59 Å². The van der Waals surface area contributed by atoms with Gasteiger partial charge in [-0.05, 0) is 13.3 Å². The van der Waals surface area contributed by atoms with Crippen molar-refractivity contribution in [3.8, 4) is 0 Å². The van der Waals surface area contributed by atoms with E-state index in [0.29, 0.717) is 0 Å². The van der Waals surface area contributed by atoms with Crippen molar-refractivity contribution in [3.05, 3.63) is 0 Å². The number of carboxylic acids is 1. The van der Waals surface area contributed by atoms with Crippen LogP contribution in [0.25, 0.3) is 0 Å². The van der Waals surface area contributed by atoms with E-state index in [1.54, 1.807) is 6.92 Å². The molecule has 0 aliphatic carbocycles. The minimum absolute atomic E-state index is 0.0375. The van der Waals surface area contributed by atoms with Crippen molar-refractivity contribution in [2.24, 2.45) is 0 Å². The summed E-state index contributed by atoms with van der Waals surface area (Å²) in [6.45, 7) is 2.97. The van der Waals surface area contributed by atoms with E-state index >= 15 is 0 Å². The topological polar surface area (TPSA) is 83.9 Å². The number of carbonyl (C=O) groups excluding carboxylic acids is 2. The van der Waals surface area contributed by atoms with Crippen LogP contribution in [0.1, 0.15) is 26.7 Å². The van der Waals surface area contributed by atoms with Gasteiger partial charge in [-0.25, -0.2) is 4.79 Å². The van der Waals surface area contributed by atoms with Gasteiger partial charge in [0.05, 0.1) is 6.61 Å². The molecule has 0 spiro atoms. The molecule has 0 rings (SSSR count). The number of carbonyl (C=O) groups is 3. The fourth-order valence-electron chi connectivity index (χ4n) is 0.948. The van der Waals surface area contributed by atoms with Gasteiger partial charge in [-0.2, -0.15) is 0 Å². The summed E-state index contributed by atoms with van der Waals surface area (Å²) in [4.78, 5) is 33.8. The summed E-state index contributed by atoms with van der Waals surface area (Å²) in [6, 6.07) is -0.651. The molecule has 92 valence electrons. The molecule has 0 heterocycles. The molecule has 6 nitrogen and oxygen atoms in total. The molecule has 0 radical (unpaired) electrons. The maximum absolute atomic E-state index is 11.4. The first-order chi connectivity index (χ1) is 7.36. The molecule has 0 aliphatic rings. The van der Waals surface area contributed by atoms with Gasteiger partial charge in [0.1, 0.15) is 6.04 Å². The van der Waals surface area contributed by atoms with Gasteiger partial charge in [0.15, 0.2) is 0 Å². The van der Waals surface area contributed by atoms with Crippen molar-refractivity contribution < 1.29 is 24.2 Å². The molecule has 0 aromatic heterocycles. The quantitative estimate of drug-likeness (QED) is 0.523. The fraction of sp³-hybridized carbons (Fsp3) is 0.700. The Bertz CT molecular complexity index is 276. The van der Waals surface area contributed by atoms with Gasteiger partial charge in [0.25, 0.3) is 0 Å². The lowest BCUT2D eigenvalue weighted by atomic mass is 10.3. The molecule has 1 unspecified atom stereocenters. The zero-order valence-electron chi connectivity index (χ0n) is 9.73. The Morgan fingerprint density at radius 3 is 2.38 bits per heavy atom. The van der Waals surface area contributed by atoms with Crippen molar-refractivity contribution in [2.45, 2.75) is 32.7 Å². The first-order valence-corrected chi connectivity index (χ1v) is 4.98. The number of nitrogens with zero attached hydrogens (tertiary/aromatic N) is 1. The van der Waals surface area contributed by atoms with Crippen LogP contribution in [0.4, 0.5) is 0 Å². The van der Waals surface area contributed by atoms with Gasteiger partial charge in [-0.15, -0.1) is 0 Å². The molecule has 0 bridgehead atoms. The molecular weight excluding hydrogens is 214 g/mol. The van der Waals surface area contributed by atoms with Gasteiger partial charge >= 0.3 is 11.9 Å². The van der Waals surface area contributed by atoms with E-state index in [2.05, 4.69) is 0 Å². The highest BCUT2D eigenvalue weighted by atomic mass is 16.5. The first kappa shape index (κ1) is 14.4. The second-order valence-corrected chi connectivity index (χ2v) is 3.47. The van der Waals surface area contributed by atoms with Gasteiger partial charge in [0.2, 0.25) is 5.91 Å². The third kappa shape index (κ3) is 5.33. The molecule has 1 N–H and O–H groups in total. The monoisotopic (exact) mass is 231 g/mol. The lowest BCUT2D eigenvalue weighted by Crippen LogP contribution is -2.40. The van der Waals surface area contributed by atoms with E-state index in [1.807, 2.05) is 0 Å². The maximum atomic E-state index is 11.4. The van der Waals surface area contributed by atoms with Crippen molar-refractivity contribution in [2.75, 3.05) is 13.7 Å². The van der Waals surface area contributed by atoms with Crippen molar-refractivity contribution in [3.63, 3.8) is 0 Å². The number of ether oxygens (including phenoxy) is 1. The van der Waals surface area contributed by atoms with Crippen LogP contribution < -0.4 is 0 Å². The Morgan fingerprint density at radius 1 is 1.38 bits per heavy atom. The van der Waals surface area contributed by atoms with Crippen LogP contribution in [-0.2, 0) is 19.1 Å². The molecule has 0 aliphatic heterocycles. The van der Waals surface area contributed by atoms with Crippen LogP contribution in [0.2, 0.25) is 0 Å². The molecule has 6 heteroatoms. The van der Waals surface area contributed by atoms with E-state index in [4.69, 9.17) is 9.84 Å². The summed E-state index contributed by atoms with van der Waals surface area (Å²) in [5.74, 6) is -1.68. The first-order valence-electron chi connectivity index (χ1n) is 4.98. The highest BCUT2D eigenvalue weighted by molar-refractivity contribution is 5.82. The minimum Gasteiger partial charge on any atom is -0.481 e. The Hall–Kier alpha value is -1.59. The van der Waals surface area contributed by atoms with Crippen LogP contribution in [0.5, 0.6) is 0 Å². The normalized spacial score (nSPS) is 11.7. The molecule has 0 aromatic rings. The zero-order chi connectivity index (χ0) is 12.7. The SMILES string of the molecule is CC(=O)N(C)C(C)C(=O)OCCCC(=O)O. The number of hydrogen-bond acceptors (Lipinski definition) is 4. The molecule has 0 aromatic carbocycles. The Labute approximate surface area is 94.2 Å². The van der Waals surface area contributed by atoms with Gasteiger partial charge in [0, 0.05) is 20.4 Å². The largest absolute Gasteiger partial charge is 0.481 e. The summed E-state index contributed by atoms with van der Waals surface area (Å²) >= 11 is 0. The average Bonchev–Trinajstić information content (AvgIpc) is 2.21. The Balaban J connectivity index is 3.88. The van der Waals surface area contributed by atoms with E-state index in [-0.39, 0.29) is 25.4 Å². The number of rotatable bonds is 6. The number of likely N-dealkylation sites (N-methyl/N-ethyl adjacent to an activating group) is 1. The van der Waals surface area contributed by atoms with Crippen LogP contribution in [0, 0.1) is 0 Å². The number of carboxylic acid groups (broad SMARTS) is 1. The van der Waals surface area contributed by atoms with Crippen LogP contribution in [0.15, 0.2) is 0 Å². The van der Waals surface area contributed by atoms with Crippen LogP contribution in [0.3, 0.4) is 0 Å². The van der Waals surface area contributed by atoms with E-state index in [9.17, 15) is 14.4 Å². The highest BCUT2D eigenvalue weighted by Crippen LogP contribution is 2.00. The lowest BCUT2D eigenvalue weighted by molar-refractivity contribution is -0.153. The van der Waals surface area contributed by atoms with Crippen molar-refractivity contribution in [1.82, 2.24) is 4.90 Å². The fourth-order valence-corrected chi connectivity index (χ4v) is 0.948. The summed E-state index contributed by atoms with van der Waals surface area (Å²) in [5, 5.41) is 8.36. The third-order valence-corrected chi connectivity index (χ3v) is 2.20. The number of amides is 1. The smallest absolute Gasteiger partial charge is 0.328 e. The molecule has 16 heavy (non-hydrogen) atoms. The summed E-state index contributed by atoms with van der Waals surface area (Å²) < 4.78 is 4.83. The molecule has 1 atom stereocenters. The lowest BCUT2D eigenvalue weighted by Gasteiger charge is -2.21. The number of aliphatic carboxylic acids is 1. The minimum atomic E-state index is -0.926. The molecular formula is C10H17NO5. The number of esters is 1. The van der Waals surface area contributed by atoms with Crippen molar-refractivity contribution >= 4 is 17.8 Å². The van der Waals surface area contributed by atoms with E-state index in [0.717, 1.165) is 0 Å². The van der Waals surface area contributed by atoms with Gasteiger partial charge in [-0.1, -0.05) is 0 Å². The third-order valence-electron chi connectivity index (χ3n) is 2.20. The Morgan fingerprint density at radius 2 is 1.94 bits per heavy atom. The van der Waals surface area contributed by atoms with Gasteiger partial charge < -0.3 is 14.7 Å². The summed E-state index contributed by atoms with van der Waals surface area (Å²) in [5.41, 5.74) is 0. The van der Waals surface area contributed by atoms with Crippen molar-refractivity contribution in [1.29, 1.82) is 0 Å². The average molecular weight is 231 g/mol. The van der Waals surface area contributed by atoms with Crippen LogP contribution in [-0.4, -0.2) is 47.5 Å². The summed E-state index contributed by atoms with van der Waals surface area (Å²) in [6.07, 6.45) is 0.238. The zero-order valence-corrected chi connectivity index (χ0v) is 9.73. The standard InChI is InChI=1S/C10H17NO5/c1-7(11(3)8(2)12)10(15)16-6-4-5-9(13)14/h7H,4-6H2,1-3H3,(H,13,14). The number of hydrogen-bond donors (Lipinski definition) is 1. The second-order valence-electron chi connectivity index (χ2n) is 3.47. The van der Waals surface area contributed by atoms with E-state index < -0.39 is 18.0 Å². The molecule has 1 amide bonds. The highest BCUT2D eigenvalue weighted by Gasteiger charge is 2.21. The molecule has 0 saturated heterocycles. The molecule has 0 fully saturated rings. The summed E-state index contributed by atoms with van der Waals surface area (Å²) in [7, 11) is 1.51. The Kier molecular flexibility index (Phi) is 6.14.